The highest BCUT2D eigenvalue weighted by atomic mass is 32.1. The lowest BCUT2D eigenvalue weighted by Gasteiger charge is -2.38. The second-order valence-electron chi connectivity index (χ2n) is 7.68. The summed E-state index contributed by atoms with van der Waals surface area (Å²) in [4.78, 5) is 4.00. The van der Waals surface area contributed by atoms with Crippen molar-refractivity contribution in [1.82, 2.24) is 0 Å². The Morgan fingerprint density at radius 2 is 0.879 bits per heavy atom. The van der Waals surface area contributed by atoms with Crippen molar-refractivity contribution in [3.8, 4) is 0 Å². The van der Waals surface area contributed by atoms with Gasteiger partial charge in [0.05, 0.1) is 0 Å². The van der Waals surface area contributed by atoms with Gasteiger partial charge in [-0.1, -0.05) is 36.4 Å². The summed E-state index contributed by atoms with van der Waals surface area (Å²) in [7, 11) is 0. The number of hydrogen-bond acceptors (Lipinski definition) is 4. The first-order chi connectivity index (χ1) is 16.3. The van der Waals surface area contributed by atoms with Crippen molar-refractivity contribution in [2.75, 3.05) is 33.9 Å². The lowest BCUT2D eigenvalue weighted by molar-refractivity contribution is 0.138. The quantitative estimate of drug-likeness (QED) is 0.317. The molecule has 0 saturated carbocycles. The van der Waals surface area contributed by atoms with Crippen LogP contribution in [0.3, 0.4) is 0 Å². The number of rotatable bonds is 6. The fraction of sp³-hybridized carbons (Fsp3) is 0.0741. The lowest BCUT2D eigenvalue weighted by atomic mass is 10.2. The number of benzene rings is 4. The van der Waals surface area contributed by atoms with Crippen molar-refractivity contribution in [3.63, 3.8) is 0 Å². The molecule has 0 unspecified atom stereocenters. The summed E-state index contributed by atoms with van der Waals surface area (Å²) >= 11 is 5.83. The van der Waals surface area contributed by atoms with Crippen molar-refractivity contribution in [2.24, 2.45) is 0 Å². The van der Waals surface area contributed by atoms with Crippen LogP contribution in [-0.2, 0) is 4.74 Å². The molecule has 6 heteroatoms. The van der Waals surface area contributed by atoms with E-state index >= 15 is 0 Å². The molecule has 164 valence electrons. The Hall–Kier alpha value is -3.87. The molecule has 0 radical (unpaired) electrons. The largest absolute Gasteiger partial charge is 0.356 e. The monoisotopic (exact) mass is 452 g/mol. The zero-order valence-corrected chi connectivity index (χ0v) is 18.8. The molecule has 4 aromatic carbocycles. The molecule has 1 fully saturated rings. The molecular weight excluding hydrogens is 428 g/mol. The van der Waals surface area contributed by atoms with Crippen LogP contribution < -0.4 is 20.4 Å². The maximum absolute atomic E-state index is 5.86. The van der Waals surface area contributed by atoms with Gasteiger partial charge in [-0.2, -0.15) is 0 Å². The van der Waals surface area contributed by atoms with Crippen molar-refractivity contribution in [1.29, 1.82) is 0 Å². The molecule has 0 aromatic heterocycles. The van der Waals surface area contributed by atoms with Gasteiger partial charge >= 0.3 is 0 Å². The second kappa shape index (κ2) is 9.73. The minimum Gasteiger partial charge on any atom is -0.356 e. The first-order valence-electron chi connectivity index (χ1n) is 10.8. The van der Waals surface area contributed by atoms with Crippen LogP contribution in [0.4, 0.5) is 34.1 Å². The number of nitrogens with one attached hydrogen (secondary N) is 2. The van der Waals surface area contributed by atoms with Gasteiger partial charge in [-0.05, 0) is 85.0 Å². The molecule has 1 heterocycles. The molecule has 0 aliphatic carbocycles. The van der Waals surface area contributed by atoms with Gasteiger partial charge in [-0.15, -0.1) is 0 Å². The predicted octanol–water partition coefficient (Wildman–Crippen LogP) is 6.72. The summed E-state index contributed by atoms with van der Waals surface area (Å²) in [6.07, 6.45) is 0. The Morgan fingerprint density at radius 1 is 0.515 bits per heavy atom. The van der Waals surface area contributed by atoms with Crippen LogP contribution in [0.15, 0.2) is 109 Å². The second-order valence-corrected chi connectivity index (χ2v) is 8.04. The van der Waals surface area contributed by atoms with E-state index in [2.05, 4.69) is 34.9 Å². The molecule has 2 N–H and O–H groups in total. The maximum atomic E-state index is 5.86. The topological polar surface area (TPSA) is 39.8 Å². The van der Waals surface area contributed by atoms with Crippen LogP contribution in [-0.4, -0.2) is 18.6 Å². The van der Waals surface area contributed by atoms with Crippen LogP contribution in [0.5, 0.6) is 0 Å². The Bertz CT molecular complexity index is 1100. The normalized spacial score (nSPS) is 13.6. The fourth-order valence-electron chi connectivity index (χ4n) is 3.68. The standard InChI is InChI=1S/C27H24N4OS/c33-27-30(25-15-11-23(12-16-25)28-21-7-3-1-4-8-21)19-32-20-31(27)26-17-13-24(14-18-26)29-22-9-5-2-6-10-22/h1-18,28-29H,19-20H2. The summed E-state index contributed by atoms with van der Waals surface area (Å²) in [5.41, 5.74) is 6.13. The van der Waals surface area contributed by atoms with Crippen LogP contribution in [0.2, 0.25) is 0 Å². The first-order valence-corrected chi connectivity index (χ1v) is 11.2. The molecule has 5 rings (SSSR count). The van der Waals surface area contributed by atoms with E-state index in [0.29, 0.717) is 18.6 Å². The average molecular weight is 453 g/mol. The SMILES string of the molecule is S=C1N(c2ccc(Nc3ccccc3)cc2)COCN1c1ccc(Nc2ccccc2)cc1. The van der Waals surface area contributed by atoms with Gasteiger partial charge < -0.3 is 15.4 Å². The van der Waals surface area contributed by atoms with Crippen molar-refractivity contribution < 1.29 is 4.74 Å². The lowest BCUT2D eigenvalue weighted by Crippen LogP contribution is -2.50. The summed E-state index contributed by atoms with van der Waals surface area (Å²) in [6.45, 7) is 0.850. The van der Waals surface area contributed by atoms with Gasteiger partial charge in [0.15, 0.2) is 5.11 Å². The number of anilines is 6. The van der Waals surface area contributed by atoms with E-state index in [1.165, 1.54) is 0 Å². The van der Waals surface area contributed by atoms with Gasteiger partial charge in [0.25, 0.3) is 0 Å². The molecule has 1 saturated heterocycles. The molecule has 0 bridgehead atoms. The van der Waals surface area contributed by atoms with Gasteiger partial charge in [0.1, 0.15) is 13.5 Å². The van der Waals surface area contributed by atoms with Crippen molar-refractivity contribution in [3.05, 3.63) is 109 Å². The maximum Gasteiger partial charge on any atom is 0.184 e. The zero-order valence-electron chi connectivity index (χ0n) is 18.0. The zero-order chi connectivity index (χ0) is 22.5. The highest BCUT2D eigenvalue weighted by molar-refractivity contribution is 7.80. The Morgan fingerprint density at radius 3 is 1.27 bits per heavy atom. The molecule has 33 heavy (non-hydrogen) atoms. The van der Waals surface area contributed by atoms with Gasteiger partial charge in [-0.3, -0.25) is 9.80 Å². The number of nitrogens with zero attached hydrogens (tertiary/aromatic N) is 2. The highest BCUT2D eigenvalue weighted by Crippen LogP contribution is 2.27. The van der Waals surface area contributed by atoms with Crippen LogP contribution >= 0.6 is 12.2 Å². The van der Waals surface area contributed by atoms with E-state index in [4.69, 9.17) is 17.0 Å². The third kappa shape index (κ3) is 4.98. The average Bonchev–Trinajstić information content (AvgIpc) is 2.87. The minimum atomic E-state index is 0.425. The van der Waals surface area contributed by atoms with E-state index < -0.39 is 0 Å². The predicted molar refractivity (Wildman–Crippen MR) is 141 cm³/mol. The molecule has 4 aromatic rings. The first kappa shape index (κ1) is 21.0. The van der Waals surface area contributed by atoms with E-state index in [1.807, 2.05) is 94.7 Å². The third-order valence-electron chi connectivity index (χ3n) is 5.39. The van der Waals surface area contributed by atoms with Crippen LogP contribution in [0.1, 0.15) is 0 Å². The third-order valence-corrected chi connectivity index (χ3v) is 5.83. The Labute approximate surface area is 199 Å². The molecule has 0 spiro atoms. The molecule has 1 aliphatic rings. The van der Waals surface area contributed by atoms with Gasteiger partial charge in [-0.25, -0.2) is 0 Å². The van der Waals surface area contributed by atoms with Crippen LogP contribution in [0, 0.1) is 0 Å². The van der Waals surface area contributed by atoms with Gasteiger partial charge in [0.2, 0.25) is 0 Å². The summed E-state index contributed by atoms with van der Waals surface area (Å²) in [5, 5.41) is 7.52. The fourth-order valence-corrected chi connectivity index (χ4v) is 3.99. The van der Waals surface area contributed by atoms with Crippen molar-refractivity contribution >= 4 is 51.5 Å². The molecule has 0 amide bonds. The summed E-state index contributed by atoms with van der Waals surface area (Å²) < 4.78 is 5.86. The van der Waals surface area contributed by atoms with E-state index in [9.17, 15) is 0 Å². The molecular formula is C27H24N4OS. The molecule has 5 nitrogen and oxygen atoms in total. The molecule has 1 aliphatic heterocycles. The summed E-state index contributed by atoms with van der Waals surface area (Å²) in [6, 6.07) is 36.6. The Kier molecular flexibility index (Phi) is 6.19. The van der Waals surface area contributed by atoms with E-state index in [-0.39, 0.29) is 0 Å². The van der Waals surface area contributed by atoms with Crippen molar-refractivity contribution in [2.45, 2.75) is 0 Å². The van der Waals surface area contributed by atoms with Gasteiger partial charge in [0, 0.05) is 34.1 Å². The number of para-hydroxylation sites is 2. The molecule has 0 atom stereocenters. The minimum absolute atomic E-state index is 0.425. The number of hydrogen-bond donors (Lipinski definition) is 2. The number of ether oxygens (including phenoxy) is 1. The Balaban J connectivity index is 1.27. The van der Waals surface area contributed by atoms with Crippen LogP contribution in [0.25, 0.3) is 0 Å². The summed E-state index contributed by atoms with van der Waals surface area (Å²) in [5.74, 6) is 0. The number of thiocarbonyl (C=S) groups is 1. The van der Waals surface area contributed by atoms with E-state index in [0.717, 1.165) is 34.1 Å². The smallest absolute Gasteiger partial charge is 0.184 e. The highest BCUT2D eigenvalue weighted by Gasteiger charge is 2.25. The van der Waals surface area contributed by atoms with E-state index in [1.54, 1.807) is 0 Å².